The first-order chi connectivity index (χ1) is 14.4. The number of carbonyl (C=O) groups excluding carboxylic acids is 1. The van der Waals surface area contributed by atoms with Crippen molar-refractivity contribution < 1.29 is 9.72 Å². The van der Waals surface area contributed by atoms with Gasteiger partial charge in [0.1, 0.15) is 6.17 Å². The van der Waals surface area contributed by atoms with Crippen molar-refractivity contribution in [2.75, 3.05) is 10.6 Å². The number of hydrogen-bond acceptors (Lipinski definition) is 5. The van der Waals surface area contributed by atoms with Crippen LogP contribution in [-0.2, 0) is 0 Å². The molecule has 2 aromatic carbocycles. The number of benzene rings is 2. The summed E-state index contributed by atoms with van der Waals surface area (Å²) in [6.07, 6.45) is 3.74. The van der Waals surface area contributed by atoms with Crippen LogP contribution in [-0.4, -0.2) is 17.1 Å². The fourth-order valence-electron chi connectivity index (χ4n) is 3.06. The van der Waals surface area contributed by atoms with Crippen molar-refractivity contribution in [2.45, 2.75) is 20.0 Å². The molecule has 154 valence electrons. The van der Waals surface area contributed by atoms with E-state index in [4.69, 9.17) is 0 Å². The molecule has 1 unspecified atom stereocenters. The van der Waals surface area contributed by atoms with Gasteiger partial charge < -0.3 is 21.3 Å². The lowest BCUT2D eigenvalue weighted by Crippen LogP contribution is -2.35. The van der Waals surface area contributed by atoms with Crippen LogP contribution in [0.15, 0.2) is 78.5 Å². The fraction of sp³-hybridized carbons (Fsp3) is 0.136. The number of urea groups is 1. The monoisotopic (exact) mass is 405 g/mol. The average Bonchev–Trinajstić information content (AvgIpc) is 3.13. The predicted molar refractivity (Wildman–Crippen MR) is 119 cm³/mol. The summed E-state index contributed by atoms with van der Waals surface area (Å²) in [6, 6.07) is 12.6. The summed E-state index contributed by atoms with van der Waals surface area (Å²) in [5.41, 5.74) is 5.39. The van der Waals surface area contributed by atoms with Gasteiger partial charge in [0.25, 0.3) is 5.69 Å². The Morgan fingerprint density at radius 3 is 2.13 bits per heavy atom. The van der Waals surface area contributed by atoms with Gasteiger partial charge in [0, 0.05) is 29.2 Å². The second-order valence-electron chi connectivity index (χ2n) is 6.92. The van der Waals surface area contributed by atoms with Crippen molar-refractivity contribution in [3.05, 3.63) is 94.2 Å². The molecule has 1 atom stereocenters. The topological polar surface area (TPSA) is 108 Å². The van der Waals surface area contributed by atoms with Crippen molar-refractivity contribution in [1.29, 1.82) is 0 Å². The van der Waals surface area contributed by atoms with Gasteiger partial charge in [-0.25, -0.2) is 4.79 Å². The van der Waals surface area contributed by atoms with E-state index in [0.717, 1.165) is 16.8 Å². The molecule has 1 heterocycles. The van der Waals surface area contributed by atoms with Gasteiger partial charge in [0.05, 0.1) is 4.92 Å². The smallest absolute Gasteiger partial charge is 0.323 e. The number of carbonyl (C=O) groups is 1. The first kappa shape index (κ1) is 20.7. The Balaban J connectivity index is 1.64. The zero-order valence-electron chi connectivity index (χ0n) is 16.7. The lowest BCUT2D eigenvalue weighted by molar-refractivity contribution is -0.384. The number of allylic oxidation sites excluding steroid dienone is 1. The molecule has 8 nitrogen and oxygen atoms in total. The Kier molecular flexibility index (Phi) is 6.17. The second kappa shape index (κ2) is 8.95. The highest BCUT2D eigenvalue weighted by Crippen LogP contribution is 2.26. The normalized spacial score (nSPS) is 14.9. The van der Waals surface area contributed by atoms with Crippen LogP contribution in [0.4, 0.5) is 21.9 Å². The number of rotatable bonds is 6. The van der Waals surface area contributed by atoms with E-state index in [-0.39, 0.29) is 11.9 Å². The number of nitro benzene ring substituents is 1. The first-order valence-corrected chi connectivity index (χ1v) is 9.33. The van der Waals surface area contributed by atoms with Crippen LogP contribution < -0.4 is 21.3 Å². The van der Waals surface area contributed by atoms with Crippen molar-refractivity contribution >= 4 is 28.8 Å². The zero-order chi connectivity index (χ0) is 21.7. The van der Waals surface area contributed by atoms with E-state index < -0.39 is 11.0 Å². The molecular weight excluding hydrogens is 382 g/mol. The Morgan fingerprint density at radius 2 is 1.63 bits per heavy atom. The third-order valence-electron chi connectivity index (χ3n) is 4.56. The quantitative estimate of drug-likeness (QED) is 0.416. The van der Waals surface area contributed by atoms with Crippen LogP contribution in [0.1, 0.15) is 19.4 Å². The summed E-state index contributed by atoms with van der Waals surface area (Å²) >= 11 is 0. The molecule has 0 saturated heterocycles. The minimum absolute atomic E-state index is 0.0206. The van der Waals surface area contributed by atoms with Gasteiger partial charge in [-0.15, -0.1) is 0 Å². The van der Waals surface area contributed by atoms with E-state index in [0.29, 0.717) is 11.4 Å². The summed E-state index contributed by atoms with van der Waals surface area (Å²) in [5, 5.41) is 22.7. The van der Waals surface area contributed by atoms with Crippen molar-refractivity contribution in [3.63, 3.8) is 0 Å². The maximum Gasteiger partial charge on any atom is 0.323 e. The molecule has 3 rings (SSSR count). The van der Waals surface area contributed by atoms with E-state index in [1.54, 1.807) is 6.20 Å². The first-order valence-electron chi connectivity index (χ1n) is 9.33. The maximum absolute atomic E-state index is 12.2. The van der Waals surface area contributed by atoms with Crippen LogP contribution in [0.2, 0.25) is 0 Å². The number of amides is 2. The van der Waals surface area contributed by atoms with Crippen LogP contribution in [0, 0.1) is 10.1 Å². The van der Waals surface area contributed by atoms with Crippen LogP contribution in [0.25, 0.3) is 5.70 Å². The van der Waals surface area contributed by atoms with Crippen molar-refractivity contribution in [1.82, 2.24) is 10.6 Å². The Morgan fingerprint density at radius 1 is 1.07 bits per heavy atom. The lowest BCUT2D eigenvalue weighted by Gasteiger charge is -2.16. The summed E-state index contributed by atoms with van der Waals surface area (Å²) in [7, 11) is 0. The van der Waals surface area contributed by atoms with Gasteiger partial charge in [0.2, 0.25) is 0 Å². The standard InChI is InChI=1S/C22H23N5O3/c1-4-23-21-19(14(2)3)13-20(26-21)15-5-7-16(8-6-15)24-22(28)25-17-9-11-18(12-10-17)27(29)30/h4-13,21,23,26H,1H2,2-3H3,(H2,24,25,28). The molecule has 0 aliphatic carbocycles. The van der Waals surface area contributed by atoms with Crippen molar-refractivity contribution in [2.24, 2.45) is 0 Å². The molecule has 1 aliphatic rings. The van der Waals surface area contributed by atoms with Gasteiger partial charge >= 0.3 is 6.03 Å². The fourth-order valence-corrected chi connectivity index (χ4v) is 3.06. The highest BCUT2D eigenvalue weighted by molar-refractivity contribution is 5.99. The molecule has 2 amide bonds. The molecule has 1 aliphatic heterocycles. The van der Waals surface area contributed by atoms with Gasteiger partial charge in [-0.05, 0) is 61.5 Å². The van der Waals surface area contributed by atoms with E-state index in [2.05, 4.69) is 47.8 Å². The highest BCUT2D eigenvalue weighted by atomic mass is 16.6. The van der Waals surface area contributed by atoms with Gasteiger partial charge in [0.15, 0.2) is 0 Å². The summed E-state index contributed by atoms with van der Waals surface area (Å²) in [5.74, 6) is 0. The van der Waals surface area contributed by atoms with E-state index in [1.165, 1.54) is 29.8 Å². The van der Waals surface area contributed by atoms with E-state index in [9.17, 15) is 14.9 Å². The highest BCUT2D eigenvalue weighted by Gasteiger charge is 2.21. The molecule has 0 aromatic heterocycles. The second-order valence-corrected chi connectivity index (χ2v) is 6.92. The van der Waals surface area contributed by atoms with Crippen LogP contribution in [0.5, 0.6) is 0 Å². The molecule has 8 heteroatoms. The SMILES string of the molecule is C=CNC1NC(c2ccc(NC(=O)Nc3ccc([N+](=O)[O-])cc3)cc2)=CC1=C(C)C. The number of nitro groups is 1. The number of nitrogens with zero attached hydrogens (tertiary/aromatic N) is 1. The van der Waals surface area contributed by atoms with Crippen LogP contribution >= 0.6 is 0 Å². The summed E-state index contributed by atoms with van der Waals surface area (Å²) < 4.78 is 0. The van der Waals surface area contributed by atoms with Gasteiger partial charge in [-0.3, -0.25) is 10.1 Å². The van der Waals surface area contributed by atoms with Crippen LogP contribution in [0.3, 0.4) is 0 Å². The largest absolute Gasteiger partial charge is 0.368 e. The third-order valence-corrected chi connectivity index (χ3v) is 4.56. The van der Waals surface area contributed by atoms with Crippen molar-refractivity contribution in [3.8, 4) is 0 Å². The lowest BCUT2D eigenvalue weighted by atomic mass is 10.1. The summed E-state index contributed by atoms with van der Waals surface area (Å²) in [6.45, 7) is 7.84. The van der Waals surface area contributed by atoms with Gasteiger partial charge in [-0.1, -0.05) is 24.3 Å². The minimum atomic E-state index is -0.490. The number of non-ortho nitro benzene ring substituents is 1. The van der Waals surface area contributed by atoms with E-state index in [1.807, 2.05) is 24.3 Å². The molecular formula is C22H23N5O3. The molecule has 0 bridgehead atoms. The Labute approximate surface area is 174 Å². The van der Waals surface area contributed by atoms with Gasteiger partial charge in [-0.2, -0.15) is 0 Å². The van der Waals surface area contributed by atoms with E-state index >= 15 is 0 Å². The minimum Gasteiger partial charge on any atom is -0.368 e. The molecule has 4 N–H and O–H groups in total. The Bertz CT molecular complexity index is 1020. The predicted octanol–water partition coefficient (Wildman–Crippen LogP) is 4.58. The molecule has 30 heavy (non-hydrogen) atoms. The Hall–Kier alpha value is -4.07. The maximum atomic E-state index is 12.2. The third kappa shape index (κ3) is 4.85. The molecule has 0 radical (unpaired) electrons. The number of anilines is 2. The molecule has 0 saturated carbocycles. The molecule has 0 spiro atoms. The average molecular weight is 405 g/mol. The molecule has 2 aromatic rings. The number of nitrogens with one attached hydrogen (secondary N) is 4. The molecule has 0 fully saturated rings. The summed E-state index contributed by atoms with van der Waals surface area (Å²) in [4.78, 5) is 22.4. The zero-order valence-corrected chi connectivity index (χ0v) is 16.7. The number of hydrogen-bond donors (Lipinski definition) is 4.